The van der Waals surface area contributed by atoms with Crippen molar-refractivity contribution >= 4 is 21.6 Å². The van der Waals surface area contributed by atoms with Crippen molar-refractivity contribution in [3.05, 3.63) is 57.8 Å². The largest absolute Gasteiger partial charge is 0.399 e. The van der Waals surface area contributed by atoms with Gasteiger partial charge in [0.1, 0.15) is 0 Å². The fourth-order valence-corrected chi connectivity index (χ4v) is 2.98. The number of aromatic nitrogens is 1. The van der Waals surface area contributed by atoms with Crippen LogP contribution in [0.2, 0.25) is 0 Å². The standard InChI is InChI=1S/C15H15BrN2O/c16-11-1-3-13(18-9-11)8-15(19)6-5-10-7-12(17)2-4-14(10)15/h1-4,7,9,19H,5-6,8,17H2. The lowest BCUT2D eigenvalue weighted by atomic mass is 9.90. The summed E-state index contributed by atoms with van der Waals surface area (Å²) < 4.78 is 0.947. The maximum atomic E-state index is 10.9. The lowest BCUT2D eigenvalue weighted by Gasteiger charge is -2.23. The van der Waals surface area contributed by atoms with E-state index in [1.54, 1.807) is 6.20 Å². The number of pyridine rings is 1. The quantitative estimate of drug-likeness (QED) is 0.837. The number of aliphatic hydroxyl groups is 1. The van der Waals surface area contributed by atoms with Gasteiger partial charge in [-0.2, -0.15) is 0 Å². The van der Waals surface area contributed by atoms with Gasteiger partial charge in [0.05, 0.1) is 5.60 Å². The number of halogens is 1. The number of aryl methyl sites for hydroxylation is 1. The second kappa shape index (κ2) is 4.62. The molecule has 2 aromatic rings. The highest BCUT2D eigenvalue weighted by atomic mass is 79.9. The highest BCUT2D eigenvalue weighted by Crippen LogP contribution is 2.39. The zero-order valence-corrected chi connectivity index (χ0v) is 12.0. The SMILES string of the molecule is Nc1ccc2c(c1)CCC2(O)Cc1ccc(Br)cn1. The molecule has 4 heteroatoms. The van der Waals surface area contributed by atoms with Crippen molar-refractivity contribution in [3.8, 4) is 0 Å². The Morgan fingerprint density at radius 1 is 1.32 bits per heavy atom. The third-order valence-corrected chi connectivity index (χ3v) is 4.17. The van der Waals surface area contributed by atoms with Gasteiger partial charge in [-0.05, 0) is 64.2 Å². The Morgan fingerprint density at radius 2 is 2.16 bits per heavy atom. The van der Waals surface area contributed by atoms with Crippen LogP contribution in [0.1, 0.15) is 23.2 Å². The number of anilines is 1. The third kappa shape index (κ3) is 2.38. The first-order valence-corrected chi connectivity index (χ1v) is 7.08. The van der Waals surface area contributed by atoms with Crippen molar-refractivity contribution in [2.24, 2.45) is 0 Å². The molecule has 1 aromatic carbocycles. The minimum absolute atomic E-state index is 0.539. The average Bonchev–Trinajstić information content (AvgIpc) is 2.69. The van der Waals surface area contributed by atoms with Crippen molar-refractivity contribution in [2.45, 2.75) is 24.9 Å². The van der Waals surface area contributed by atoms with E-state index < -0.39 is 5.60 Å². The van der Waals surface area contributed by atoms with Crippen molar-refractivity contribution in [1.29, 1.82) is 0 Å². The number of hydrogen-bond acceptors (Lipinski definition) is 3. The van der Waals surface area contributed by atoms with Gasteiger partial charge >= 0.3 is 0 Å². The van der Waals surface area contributed by atoms with E-state index in [-0.39, 0.29) is 0 Å². The smallest absolute Gasteiger partial charge is 0.0957 e. The minimum atomic E-state index is -0.816. The summed E-state index contributed by atoms with van der Waals surface area (Å²) in [5.74, 6) is 0. The van der Waals surface area contributed by atoms with Gasteiger partial charge in [-0.25, -0.2) is 0 Å². The molecule has 0 aliphatic heterocycles. The zero-order valence-electron chi connectivity index (χ0n) is 10.4. The van der Waals surface area contributed by atoms with Gasteiger partial charge in [0.15, 0.2) is 0 Å². The average molecular weight is 319 g/mol. The Balaban J connectivity index is 1.92. The fraction of sp³-hybridized carbons (Fsp3) is 0.267. The van der Waals surface area contributed by atoms with Gasteiger partial charge in [0.25, 0.3) is 0 Å². The number of nitrogen functional groups attached to an aromatic ring is 1. The van der Waals surface area contributed by atoms with Gasteiger partial charge in [-0.3, -0.25) is 4.98 Å². The Bertz CT molecular complexity index is 612. The van der Waals surface area contributed by atoms with E-state index in [0.717, 1.165) is 39.8 Å². The summed E-state index contributed by atoms with van der Waals surface area (Å²) >= 11 is 3.37. The van der Waals surface area contributed by atoms with Gasteiger partial charge in [0, 0.05) is 28.5 Å². The molecule has 1 atom stereocenters. The van der Waals surface area contributed by atoms with Crippen LogP contribution in [-0.2, 0) is 18.4 Å². The van der Waals surface area contributed by atoms with Crippen molar-refractivity contribution < 1.29 is 5.11 Å². The molecule has 3 rings (SSSR count). The molecule has 1 aliphatic carbocycles. The number of fused-ring (bicyclic) bond motifs is 1. The Kier molecular flexibility index (Phi) is 3.07. The summed E-state index contributed by atoms with van der Waals surface area (Å²) in [6.07, 6.45) is 3.89. The van der Waals surface area contributed by atoms with Crippen LogP contribution in [0.15, 0.2) is 41.0 Å². The second-order valence-electron chi connectivity index (χ2n) is 5.09. The fourth-order valence-electron chi connectivity index (χ4n) is 2.74. The van der Waals surface area contributed by atoms with Crippen LogP contribution in [0, 0.1) is 0 Å². The highest BCUT2D eigenvalue weighted by Gasteiger charge is 2.37. The second-order valence-corrected chi connectivity index (χ2v) is 6.01. The molecule has 3 N–H and O–H groups in total. The topological polar surface area (TPSA) is 59.1 Å². The molecule has 1 aliphatic rings. The van der Waals surface area contributed by atoms with Gasteiger partial charge < -0.3 is 10.8 Å². The monoisotopic (exact) mass is 318 g/mol. The van der Waals surface area contributed by atoms with E-state index in [1.165, 1.54) is 0 Å². The maximum Gasteiger partial charge on any atom is 0.0957 e. The molecule has 0 spiro atoms. The molecule has 3 nitrogen and oxygen atoms in total. The summed E-state index contributed by atoms with van der Waals surface area (Å²) in [6.45, 7) is 0. The molecule has 0 radical (unpaired) electrons. The minimum Gasteiger partial charge on any atom is -0.399 e. The number of hydrogen-bond donors (Lipinski definition) is 2. The van der Waals surface area contributed by atoms with Crippen molar-refractivity contribution in [2.75, 3.05) is 5.73 Å². The van der Waals surface area contributed by atoms with Crippen LogP contribution in [0.5, 0.6) is 0 Å². The lowest BCUT2D eigenvalue weighted by molar-refractivity contribution is 0.0380. The van der Waals surface area contributed by atoms with Crippen molar-refractivity contribution in [3.63, 3.8) is 0 Å². The molecule has 0 amide bonds. The molecule has 1 heterocycles. The van der Waals surface area contributed by atoms with Crippen LogP contribution >= 0.6 is 15.9 Å². The van der Waals surface area contributed by atoms with E-state index >= 15 is 0 Å². The summed E-state index contributed by atoms with van der Waals surface area (Å²) in [5, 5.41) is 10.9. The summed E-state index contributed by atoms with van der Waals surface area (Å²) in [7, 11) is 0. The van der Waals surface area contributed by atoms with Gasteiger partial charge in [0.2, 0.25) is 0 Å². The van der Waals surface area contributed by atoms with Crippen LogP contribution in [0.4, 0.5) is 5.69 Å². The van der Waals surface area contributed by atoms with E-state index in [2.05, 4.69) is 20.9 Å². The van der Waals surface area contributed by atoms with Gasteiger partial charge in [-0.15, -0.1) is 0 Å². The maximum absolute atomic E-state index is 10.9. The zero-order chi connectivity index (χ0) is 13.5. The summed E-state index contributed by atoms with van der Waals surface area (Å²) in [4.78, 5) is 4.35. The Morgan fingerprint density at radius 3 is 2.89 bits per heavy atom. The van der Waals surface area contributed by atoms with Crippen LogP contribution in [0.3, 0.4) is 0 Å². The first-order valence-electron chi connectivity index (χ1n) is 6.28. The van der Waals surface area contributed by atoms with E-state index in [0.29, 0.717) is 6.42 Å². The Hall–Kier alpha value is -1.39. The number of rotatable bonds is 2. The predicted molar refractivity (Wildman–Crippen MR) is 78.7 cm³/mol. The van der Waals surface area contributed by atoms with Crippen molar-refractivity contribution in [1.82, 2.24) is 4.98 Å². The number of nitrogens with zero attached hydrogens (tertiary/aromatic N) is 1. The van der Waals surface area contributed by atoms with Crippen LogP contribution < -0.4 is 5.73 Å². The molecule has 1 aromatic heterocycles. The third-order valence-electron chi connectivity index (χ3n) is 3.70. The Labute approximate surface area is 120 Å². The van der Waals surface area contributed by atoms with E-state index in [1.807, 2.05) is 30.3 Å². The highest BCUT2D eigenvalue weighted by molar-refractivity contribution is 9.10. The molecule has 0 fully saturated rings. The number of nitrogens with two attached hydrogens (primary N) is 1. The molecule has 1 unspecified atom stereocenters. The molecule has 0 saturated carbocycles. The van der Waals surface area contributed by atoms with Crippen LogP contribution in [-0.4, -0.2) is 10.1 Å². The predicted octanol–water partition coefficient (Wildman–Crippen LogP) is 2.80. The first kappa shape index (κ1) is 12.6. The lowest BCUT2D eigenvalue weighted by Crippen LogP contribution is -2.25. The summed E-state index contributed by atoms with van der Waals surface area (Å²) in [6, 6.07) is 9.64. The van der Waals surface area contributed by atoms with E-state index in [9.17, 15) is 5.11 Å². The van der Waals surface area contributed by atoms with Crippen LogP contribution in [0.25, 0.3) is 0 Å². The van der Waals surface area contributed by atoms with Gasteiger partial charge in [-0.1, -0.05) is 6.07 Å². The van der Waals surface area contributed by atoms with E-state index in [4.69, 9.17) is 5.73 Å². The first-order chi connectivity index (χ1) is 9.07. The molecule has 0 saturated heterocycles. The molecular formula is C15H15BrN2O. The summed E-state index contributed by atoms with van der Waals surface area (Å²) in [5.41, 5.74) is 8.77. The molecule has 19 heavy (non-hydrogen) atoms. The number of benzene rings is 1. The molecule has 0 bridgehead atoms. The molecular weight excluding hydrogens is 304 g/mol. The normalized spacial score (nSPS) is 21.4. The molecule has 98 valence electrons.